The first-order chi connectivity index (χ1) is 10.9. The molecule has 3 aromatic carbocycles. The van der Waals surface area contributed by atoms with Crippen LogP contribution in [0.25, 0.3) is 22.9 Å². The van der Waals surface area contributed by atoms with Crippen LogP contribution in [0.4, 0.5) is 0 Å². The number of fused-ring (bicyclic) bond motifs is 1. The van der Waals surface area contributed by atoms with Gasteiger partial charge in [0.25, 0.3) is 0 Å². The van der Waals surface area contributed by atoms with E-state index in [1.807, 2.05) is 0 Å². The van der Waals surface area contributed by atoms with E-state index in [9.17, 15) is 0 Å². The van der Waals surface area contributed by atoms with Gasteiger partial charge < -0.3 is 0 Å². The SMILES string of the molecule is CCCCc1ccc2ccccc2c1/C=C/c1ccccc1. The molecule has 0 N–H and O–H groups in total. The van der Waals surface area contributed by atoms with Crippen LogP contribution in [0, 0.1) is 0 Å². The third-order valence-electron chi connectivity index (χ3n) is 4.10. The van der Waals surface area contributed by atoms with Gasteiger partial charge in [-0.1, -0.05) is 92.2 Å². The second-order valence-corrected chi connectivity index (χ2v) is 5.71. The summed E-state index contributed by atoms with van der Waals surface area (Å²) in [6, 6.07) is 23.7. The van der Waals surface area contributed by atoms with Gasteiger partial charge >= 0.3 is 0 Å². The molecule has 0 unspecified atom stereocenters. The van der Waals surface area contributed by atoms with Gasteiger partial charge in [-0.3, -0.25) is 0 Å². The molecular formula is C22H22. The van der Waals surface area contributed by atoms with Crippen LogP contribution in [0.15, 0.2) is 66.7 Å². The molecule has 0 heterocycles. The van der Waals surface area contributed by atoms with Crippen molar-refractivity contribution in [3.05, 3.63) is 83.4 Å². The smallest absolute Gasteiger partial charge is 0.0109 e. The van der Waals surface area contributed by atoms with Crippen molar-refractivity contribution in [1.82, 2.24) is 0 Å². The minimum atomic E-state index is 1.15. The zero-order chi connectivity index (χ0) is 15.2. The highest BCUT2D eigenvalue weighted by molar-refractivity contribution is 5.94. The number of hydrogen-bond acceptors (Lipinski definition) is 0. The molecule has 0 aromatic heterocycles. The van der Waals surface area contributed by atoms with Gasteiger partial charge in [-0.05, 0) is 40.3 Å². The summed E-state index contributed by atoms with van der Waals surface area (Å²) in [5.74, 6) is 0. The lowest BCUT2D eigenvalue weighted by Gasteiger charge is -2.10. The van der Waals surface area contributed by atoms with Gasteiger partial charge in [0, 0.05) is 0 Å². The van der Waals surface area contributed by atoms with Gasteiger partial charge in [0.15, 0.2) is 0 Å². The zero-order valence-corrected chi connectivity index (χ0v) is 13.1. The van der Waals surface area contributed by atoms with Crippen molar-refractivity contribution >= 4 is 22.9 Å². The fraction of sp³-hybridized carbons (Fsp3) is 0.182. The largest absolute Gasteiger partial charge is 0.0654 e. The van der Waals surface area contributed by atoms with Crippen molar-refractivity contribution < 1.29 is 0 Å². The Hall–Kier alpha value is -2.34. The van der Waals surface area contributed by atoms with E-state index in [2.05, 4.69) is 85.8 Å². The van der Waals surface area contributed by atoms with E-state index in [-0.39, 0.29) is 0 Å². The van der Waals surface area contributed by atoms with Crippen LogP contribution >= 0.6 is 0 Å². The summed E-state index contributed by atoms with van der Waals surface area (Å²) >= 11 is 0. The van der Waals surface area contributed by atoms with E-state index in [0.717, 1.165) is 6.42 Å². The Morgan fingerprint density at radius 3 is 2.36 bits per heavy atom. The highest BCUT2D eigenvalue weighted by Gasteiger charge is 2.04. The number of aryl methyl sites for hydroxylation is 1. The summed E-state index contributed by atoms with van der Waals surface area (Å²) in [6.07, 6.45) is 8.12. The van der Waals surface area contributed by atoms with Crippen LogP contribution in [-0.4, -0.2) is 0 Å². The molecule has 3 rings (SSSR count). The molecule has 0 radical (unpaired) electrons. The molecule has 0 atom stereocenters. The molecule has 0 bridgehead atoms. The highest BCUT2D eigenvalue weighted by Crippen LogP contribution is 2.26. The lowest BCUT2D eigenvalue weighted by Crippen LogP contribution is -1.91. The monoisotopic (exact) mass is 286 g/mol. The van der Waals surface area contributed by atoms with E-state index >= 15 is 0 Å². The number of rotatable bonds is 5. The molecule has 0 saturated carbocycles. The van der Waals surface area contributed by atoms with E-state index in [4.69, 9.17) is 0 Å². The van der Waals surface area contributed by atoms with Crippen LogP contribution < -0.4 is 0 Å². The van der Waals surface area contributed by atoms with Crippen molar-refractivity contribution in [3.63, 3.8) is 0 Å². The number of unbranched alkanes of at least 4 members (excludes halogenated alkanes) is 1. The van der Waals surface area contributed by atoms with Crippen molar-refractivity contribution in [2.45, 2.75) is 26.2 Å². The first-order valence-electron chi connectivity index (χ1n) is 8.12. The first kappa shape index (κ1) is 14.6. The summed E-state index contributed by atoms with van der Waals surface area (Å²) in [5.41, 5.74) is 4.07. The van der Waals surface area contributed by atoms with Crippen LogP contribution in [0.2, 0.25) is 0 Å². The molecule has 0 fully saturated rings. The quantitative estimate of drug-likeness (QED) is 0.479. The van der Waals surface area contributed by atoms with Gasteiger partial charge in [0.2, 0.25) is 0 Å². The van der Waals surface area contributed by atoms with Crippen LogP contribution in [0.5, 0.6) is 0 Å². The van der Waals surface area contributed by atoms with Crippen molar-refractivity contribution in [3.8, 4) is 0 Å². The molecule has 0 nitrogen and oxygen atoms in total. The summed E-state index contributed by atoms with van der Waals surface area (Å²) in [7, 11) is 0. The third kappa shape index (κ3) is 3.28. The Morgan fingerprint density at radius 1 is 0.773 bits per heavy atom. The van der Waals surface area contributed by atoms with E-state index in [0.29, 0.717) is 0 Å². The molecule has 0 aliphatic rings. The van der Waals surface area contributed by atoms with Gasteiger partial charge in [-0.25, -0.2) is 0 Å². The molecule has 0 saturated heterocycles. The molecule has 3 aromatic rings. The highest BCUT2D eigenvalue weighted by atomic mass is 14.1. The predicted molar refractivity (Wildman–Crippen MR) is 97.9 cm³/mol. The van der Waals surface area contributed by atoms with Crippen molar-refractivity contribution in [2.75, 3.05) is 0 Å². The predicted octanol–water partition coefficient (Wildman–Crippen LogP) is 6.35. The lowest BCUT2D eigenvalue weighted by atomic mass is 9.95. The van der Waals surface area contributed by atoms with Crippen molar-refractivity contribution in [1.29, 1.82) is 0 Å². The summed E-state index contributed by atoms with van der Waals surface area (Å²) < 4.78 is 0. The fourth-order valence-corrected chi connectivity index (χ4v) is 2.87. The summed E-state index contributed by atoms with van der Waals surface area (Å²) in [4.78, 5) is 0. The van der Waals surface area contributed by atoms with E-state index in [1.54, 1.807) is 0 Å². The maximum Gasteiger partial charge on any atom is -0.0109 e. The van der Waals surface area contributed by atoms with Crippen molar-refractivity contribution in [2.24, 2.45) is 0 Å². The number of benzene rings is 3. The van der Waals surface area contributed by atoms with Crippen LogP contribution in [-0.2, 0) is 6.42 Å². The Balaban J connectivity index is 2.05. The Labute approximate surface area is 133 Å². The minimum Gasteiger partial charge on any atom is -0.0654 e. The summed E-state index contributed by atoms with van der Waals surface area (Å²) in [5, 5.41) is 2.67. The van der Waals surface area contributed by atoms with E-state index < -0.39 is 0 Å². The topological polar surface area (TPSA) is 0 Å². The Kier molecular flexibility index (Phi) is 4.70. The molecule has 0 aliphatic carbocycles. The fourth-order valence-electron chi connectivity index (χ4n) is 2.87. The second kappa shape index (κ2) is 7.09. The molecule has 110 valence electrons. The lowest BCUT2D eigenvalue weighted by molar-refractivity contribution is 0.795. The molecule has 0 amide bonds. The normalized spacial score (nSPS) is 11.3. The third-order valence-corrected chi connectivity index (χ3v) is 4.10. The Bertz CT molecular complexity index is 766. The van der Waals surface area contributed by atoms with Gasteiger partial charge in [-0.15, -0.1) is 0 Å². The number of hydrogen-bond donors (Lipinski definition) is 0. The first-order valence-corrected chi connectivity index (χ1v) is 8.12. The molecule has 0 heteroatoms. The van der Waals surface area contributed by atoms with E-state index in [1.165, 1.54) is 40.3 Å². The standard InChI is InChI=1S/C22H22/c1-2-3-11-19-15-16-20-12-7-8-13-21(20)22(19)17-14-18-9-5-4-6-10-18/h4-10,12-17H,2-3,11H2,1H3/b17-14+. The molecule has 0 spiro atoms. The maximum absolute atomic E-state index is 2.29. The zero-order valence-electron chi connectivity index (χ0n) is 13.1. The second-order valence-electron chi connectivity index (χ2n) is 5.71. The minimum absolute atomic E-state index is 1.15. The molecule has 22 heavy (non-hydrogen) atoms. The molecule has 0 aliphatic heterocycles. The Morgan fingerprint density at radius 2 is 1.55 bits per heavy atom. The summed E-state index contributed by atoms with van der Waals surface area (Å²) in [6.45, 7) is 2.25. The van der Waals surface area contributed by atoms with Gasteiger partial charge in [-0.2, -0.15) is 0 Å². The average Bonchev–Trinajstić information content (AvgIpc) is 2.59. The molecular weight excluding hydrogens is 264 g/mol. The van der Waals surface area contributed by atoms with Crippen LogP contribution in [0.1, 0.15) is 36.5 Å². The van der Waals surface area contributed by atoms with Gasteiger partial charge in [0.1, 0.15) is 0 Å². The maximum atomic E-state index is 2.29. The average molecular weight is 286 g/mol. The van der Waals surface area contributed by atoms with Gasteiger partial charge in [0.05, 0.1) is 0 Å². The van der Waals surface area contributed by atoms with Crippen LogP contribution in [0.3, 0.4) is 0 Å².